The molecule has 2 atom stereocenters. The fraction of sp³-hybridized carbons (Fsp3) is 1.00. The molecule has 0 saturated carbocycles. The molecule has 0 aromatic heterocycles. The zero-order chi connectivity index (χ0) is 6.85. The van der Waals surface area contributed by atoms with Gasteiger partial charge in [0.1, 0.15) is 0 Å². The van der Waals surface area contributed by atoms with E-state index < -0.39 is 0 Å². The van der Waals surface area contributed by atoms with Crippen LogP contribution in [0.2, 0.25) is 0 Å². The van der Waals surface area contributed by atoms with Gasteiger partial charge in [0.15, 0.2) is 0 Å². The summed E-state index contributed by atoms with van der Waals surface area (Å²) in [6.07, 6.45) is 0. The van der Waals surface area contributed by atoms with Crippen molar-refractivity contribution in [2.24, 2.45) is 0 Å². The van der Waals surface area contributed by atoms with E-state index in [1.54, 1.807) is 0 Å². The molecular weight excluding hydrogens is 229 g/mol. The van der Waals surface area contributed by atoms with Crippen LogP contribution >= 0.6 is 22.9 Å². The van der Waals surface area contributed by atoms with Crippen LogP contribution in [-0.4, -0.2) is 28.4 Å². The third kappa shape index (κ3) is 1.78. The van der Waals surface area contributed by atoms with Crippen molar-refractivity contribution in [1.29, 1.82) is 0 Å². The molecular formula is C6H12INO. The maximum absolute atomic E-state index is 5.32. The SMILES string of the molecule is C[C@@H]1COC[C@H](C)N1I. The van der Waals surface area contributed by atoms with Crippen LogP contribution in [0.5, 0.6) is 0 Å². The van der Waals surface area contributed by atoms with E-state index in [2.05, 4.69) is 39.8 Å². The van der Waals surface area contributed by atoms with E-state index in [0.29, 0.717) is 12.1 Å². The molecule has 1 aliphatic heterocycles. The van der Waals surface area contributed by atoms with Crippen LogP contribution in [-0.2, 0) is 4.74 Å². The normalized spacial score (nSPS) is 39.0. The zero-order valence-corrected chi connectivity index (χ0v) is 7.96. The van der Waals surface area contributed by atoms with Crippen LogP contribution in [0.15, 0.2) is 0 Å². The molecule has 0 radical (unpaired) electrons. The van der Waals surface area contributed by atoms with Crippen molar-refractivity contribution in [3.8, 4) is 0 Å². The van der Waals surface area contributed by atoms with E-state index in [1.807, 2.05) is 0 Å². The number of rotatable bonds is 0. The van der Waals surface area contributed by atoms with Gasteiger partial charge in [0.2, 0.25) is 0 Å². The first kappa shape index (κ1) is 7.75. The van der Waals surface area contributed by atoms with Gasteiger partial charge in [-0.05, 0) is 13.8 Å². The van der Waals surface area contributed by atoms with E-state index in [9.17, 15) is 0 Å². The van der Waals surface area contributed by atoms with Crippen molar-refractivity contribution in [3.05, 3.63) is 0 Å². The van der Waals surface area contributed by atoms with Crippen molar-refractivity contribution in [2.75, 3.05) is 13.2 Å². The quantitative estimate of drug-likeness (QED) is 0.470. The van der Waals surface area contributed by atoms with Crippen LogP contribution in [0.4, 0.5) is 0 Å². The summed E-state index contributed by atoms with van der Waals surface area (Å²) < 4.78 is 7.64. The molecule has 1 rings (SSSR count). The molecule has 0 aromatic carbocycles. The molecule has 2 nitrogen and oxygen atoms in total. The van der Waals surface area contributed by atoms with Gasteiger partial charge in [-0.25, -0.2) is 3.11 Å². The second kappa shape index (κ2) is 3.16. The fourth-order valence-corrected chi connectivity index (χ4v) is 1.31. The van der Waals surface area contributed by atoms with Crippen molar-refractivity contribution < 1.29 is 4.74 Å². The van der Waals surface area contributed by atoms with Gasteiger partial charge in [-0.2, -0.15) is 0 Å². The van der Waals surface area contributed by atoms with Crippen molar-refractivity contribution in [1.82, 2.24) is 3.11 Å². The summed E-state index contributed by atoms with van der Waals surface area (Å²) in [6.45, 7) is 6.13. The fourth-order valence-electron chi connectivity index (χ4n) is 0.986. The first-order valence-corrected chi connectivity index (χ1v) is 4.20. The molecule has 3 heteroatoms. The third-order valence-electron chi connectivity index (χ3n) is 1.56. The highest BCUT2D eigenvalue weighted by molar-refractivity contribution is 14.1. The Balaban J connectivity index is 2.41. The molecule has 1 aliphatic rings. The van der Waals surface area contributed by atoms with E-state index in [0.717, 1.165) is 13.2 Å². The van der Waals surface area contributed by atoms with Crippen molar-refractivity contribution in [2.45, 2.75) is 25.9 Å². The molecule has 9 heavy (non-hydrogen) atoms. The Morgan fingerprint density at radius 3 is 2.11 bits per heavy atom. The van der Waals surface area contributed by atoms with Crippen LogP contribution in [0.25, 0.3) is 0 Å². The predicted molar refractivity (Wildman–Crippen MR) is 45.6 cm³/mol. The highest BCUT2D eigenvalue weighted by Crippen LogP contribution is 2.16. The van der Waals surface area contributed by atoms with E-state index in [4.69, 9.17) is 4.74 Å². The standard InChI is InChI=1S/C6H12INO/c1-5-3-9-4-6(2)8(5)7/h5-6H,3-4H2,1-2H3/t5-,6+. The molecule has 1 heterocycles. The minimum atomic E-state index is 0.578. The molecule has 0 bridgehead atoms. The second-order valence-electron chi connectivity index (χ2n) is 2.58. The molecule has 1 fully saturated rings. The van der Waals surface area contributed by atoms with Crippen LogP contribution < -0.4 is 0 Å². The zero-order valence-electron chi connectivity index (χ0n) is 5.80. The van der Waals surface area contributed by atoms with E-state index in [1.165, 1.54) is 0 Å². The van der Waals surface area contributed by atoms with Crippen LogP contribution in [0, 0.1) is 0 Å². The van der Waals surface area contributed by atoms with Gasteiger partial charge in [-0.3, -0.25) is 0 Å². The Labute approximate surface area is 70.0 Å². The number of halogens is 1. The third-order valence-corrected chi connectivity index (χ3v) is 3.46. The average Bonchev–Trinajstić information content (AvgIpc) is 1.83. The molecule has 0 aliphatic carbocycles. The summed E-state index contributed by atoms with van der Waals surface area (Å²) in [5, 5.41) is 0. The van der Waals surface area contributed by atoms with Gasteiger partial charge in [-0.1, -0.05) is 0 Å². The lowest BCUT2D eigenvalue weighted by molar-refractivity contribution is 0.0199. The number of hydrogen-bond donors (Lipinski definition) is 0. The monoisotopic (exact) mass is 241 g/mol. The van der Waals surface area contributed by atoms with E-state index in [-0.39, 0.29) is 0 Å². The van der Waals surface area contributed by atoms with Gasteiger partial charge in [0.05, 0.1) is 13.2 Å². The molecule has 0 amide bonds. The number of nitrogens with zero attached hydrogens (tertiary/aromatic N) is 1. The molecule has 0 N–H and O–H groups in total. The summed E-state index contributed by atoms with van der Waals surface area (Å²) in [5.41, 5.74) is 0. The van der Waals surface area contributed by atoms with Gasteiger partial charge in [0, 0.05) is 34.9 Å². The lowest BCUT2D eigenvalue weighted by atomic mass is 10.2. The summed E-state index contributed by atoms with van der Waals surface area (Å²) >= 11 is 2.36. The van der Waals surface area contributed by atoms with Gasteiger partial charge in [-0.15, -0.1) is 0 Å². The minimum absolute atomic E-state index is 0.578. The largest absolute Gasteiger partial charge is 0.378 e. The van der Waals surface area contributed by atoms with Gasteiger partial charge < -0.3 is 4.74 Å². The lowest BCUT2D eigenvalue weighted by Gasteiger charge is -2.33. The predicted octanol–water partition coefficient (Wildman–Crippen LogP) is 1.45. The highest BCUT2D eigenvalue weighted by atomic mass is 127. The number of morpholine rings is 1. The van der Waals surface area contributed by atoms with Gasteiger partial charge in [0.25, 0.3) is 0 Å². The molecule has 54 valence electrons. The Kier molecular flexibility index (Phi) is 2.73. The molecule has 1 saturated heterocycles. The average molecular weight is 241 g/mol. The second-order valence-corrected chi connectivity index (χ2v) is 3.69. The lowest BCUT2D eigenvalue weighted by Crippen LogP contribution is -2.43. The summed E-state index contributed by atoms with van der Waals surface area (Å²) in [7, 11) is 0. The van der Waals surface area contributed by atoms with Crippen LogP contribution in [0.3, 0.4) is 0 Å². The summed E-state index contributed by atoms with van der Waals surface area (Å²) in [4.78, 5) is 0. The van der Waals surface area contributed by atoms with E-state index >= 15 is 0 Å². The van der Waals surface area contributed by atoms with Crippen LogP contribution in [0.1, 0.15) is 13.8 Å². The summed E-state index contributed by atoms with van der Waals surface area (Å²) in [5.74, 6) is 0. The molecule has 0 spiro atoms. The molecule has 0 aromatic rings. The Bertz CT molecular complexity index is 89.1. The van der Waals surface area contributed by atoms with Crippen molar-refractivity contribution >= 4 is 22.9 Å². The molecule has 0 unspecified atom stereocenters. The van der Waals surface area contributed by atoms with Gasteiger partial charge >= 0.3 is 0 Å². The number of ether oxygens (including phenoxy) is 1. The topological polar surface area (TPSA) is 12.5 Å². The summed E-state index contributed by atoms with van der Waals surface area (Å²) in [6, 6.07) is 1.16. The maximum Gasteiger partial charge on any atom is 0.0628 e. The maximum atomic E-state index is 5.32. The Morgan fingerprint density at radius 1 is 1.33 bits per heavy atom. The minimum Gasteiger partial charge on any atom is -0.378 e. The smallest absolute Gasteiger partial charge is 0.0628 e. The van der Waals surface area contributed by atoms with Crippen molar-refractivity contribution in [3.63, 3.8) is 0 Å². The Hall–Kier alpha value is 0.650. The first-order valence-electron chi connectivity index (χ1n) is 3.23. The highest BCUT2D eigenvalue weighted by Gasteiger charge is 2.22. The Morgan fingerprint density at radius 2 is 1.78 bits per heavy atom. The first-order chi connectivity index (χ1) is 4.22. The number of hydrogen-bond acceptors (Lipinski definition) is 2.